The largest absolute Gasteiger partial charge is 0.467 e. The third-order valence-electron chi connectivity index (χ3n) is 5.11. The molecule has 0 saturated carbocycles. The van der Waals surface area contributed by atoms with Gasteiger partial charge in [0.15, 0.2) is 0 Å². The van der Waals surface area contributed by atoms with Gasteiger partial charge in [0.05, 0.1) is 26.5 Å². The molecule has 0 spiro atoms. The van der Waals surface area contributed by atoms with Crippen molar-refractivity contribution in [1.82, 2.24) is 4.57 Å². The predicted molar refractivity (Wildman–Crippen MR) is 103 cm³/mol. The molecule has 0 bridgehead atoms. The Hall–Kier alpha value is -3.32. The molecular formula is C21H20N2O5. The zero-order valence-electron chi connectivity index (χ0n) is 15.6. The number of hydroxylamine groups is 1. The molecule has 3 aromatic rings. The molecule has 7 heteroatoms. The molecule has 7 nitrogen and oxygen atoms in total. The highest BCUT2D eigenvalue weighted by Gasteiger charge is 2.65. The number of rotatable bonds is 4. The molecule has 1 fully saturated rings. The zero-order valence-corrected chi connectivity index (χ0v) is 15.6. The van der Waals surface area contributed by atoms with E-state index in [2.05, 4.69) is 0 Å². The smallest absolute Gasteiger partial charge is 0.348 e. The highest BCUT2D eigenvalue weighted by atomic mass is 16.7. The molecule has 4 rings (SSSR count). The van der Waals surface area contributed by atoms with Gasteiger partial charge in [-0.1, -0.05) is 36.4 Å². The highest BCUT2D eigenvalue weighted by molar-refractivity contribution is 6.09. The molecule has 28 heavy (non-hydrogen) atoms. The molecule has 1 atom stereocenters. The van der Waals surface area contributed by atoms with Crippen LogP contribution in [0.5, 0.6) is 0 Å². The number of aromatic nitrogens is 1. The van der Waals surface area contributed by atoms with Crippen LogP contribution in [-0.2, 0) is 23.9 Å². The fourth-order valence-electron chi connectivity index (χ4n) is 3.83. The lowest BCUT2D eigenvalue weighted by Crippen LogP contribution is -2.61. The van der Waals surface area contributed by atoms with Gasteiger partial charge in [-0.05, 0) is 29.7 Å². The van der Waals surface area contributed by atoms with E-state index in [0.717, 1.165) is 10.9 Å². The predicted octanol–water partition coefficient (Wildman–Crippen LogP) is 2.72. The van der Waals surface area contributed by atoms with E-state index < -0.39 is 23.5 Å². The minimum Gasteiger partial charge on any atom is -0.467 e. The van der Waals surface area contributed by atoms with Crippen LogP contribution in [-0.4, -0.2) is 42.9 Å². The van der Waals surface area contributed by atoms with E-state index >= 15 is 0 Å². The molecular weight excluding hydrogens is 360 g/mol. The van der Waals surface area contributed by atoms with E-state index in [-0.39, 0.29) is 6.61 Å². The SMILES string of the molecule is COC(=O)C1(C(=O)OC)C(n2ccc3ccccc32)CON1c1ccccc1. The summed E-state index contributed by atoms with van der Waals surface area (Å²) in [7, 11) is 2.50. The minimum absolute atomic E-state index is 0.0950. The monoisotopic (exact) mass is 380 g/mol. The van der Waals surface area contributed by atoms with Gasteiger partial charge in [0.25, 0.3) is 5.54 Å². The summed E-state index contributed by atoms with van der Waals surface area (Å²) < 4.78 is 12.0. The Morgan fingerprint density at radius 3 is 2.29 bits per heavy atom. The number of benzene rings is 2. The van der Waals surface area contributed by atoms with Gasteiger partial charge in [-0.2, -0.15) is 0 Å². The molecule has 0 aliphatic carbocycles. The van der Waals surface area contributed by atoms with Crippen molar-refractivity contribution in [3.05, 3.63) is 66.9 Å². The Kier molecular flexibility index (Phi) is 4.52. The summed E-state index contributed by atoms with van der Waals surface area (Å²) in [5.74, 6) is -1.49. The highest BCUT2D eigenvalue weighted by Crippen LogP contribution is 2.43. The van der Waals surface area contributed by atoms with Gasteiger partial charge in [-0.25, -0.2) is 14.7 Å². The fraction of sp³-hybridized carbons (Fsp3) is 0.238. The maximum atomic E-state index is 13.1. The van der Waals surface area contributed by atoms with Crippen molar-refractivity contribution in [2.45, 2.75) is 11.6 Å². The van der Waals surface area contributed by atoms with E-state index in [4.69, 9.17) is 14.3 Å². The molecule has 2 aromatic carbocycles. The molecule has 1 aliphatic rings. The quantitative estimate of drug-likeness (QED) is 0.512. The number of ether oxygens (including phenoxy) is 2. The Morgan fingerprint density at radius 2 is 1.61 bits per heavy atom. The molecule has 144 valence electrons. The number of fused-ring (bicyclic) bond motifs is 1. The van der Waals surface area contributed by atoms with E-state index in [0.29, 0.717) is 5.69 Å². The third-order valence-corrected chi connectivity index (χ3v) is 5.11. The fourth-order valence-corrected chi connectivity index (χ4v) is 3.83. The maximum Gasteiger partial charge on any atom is 0.348 e. The van der Waals surface area contributed by atoms with Crippen LogP contribution in [0.15, 0.2) is 66.9 Å². The Labute approximate surface area is 162 Å². The summed E-state index contributed by atoms with van der Waals surface area (Å²) >= 11 is 0. The van der Waals surface area contributed by atoms with Crippen LogP contribution >= 0.6 is 0 Å². The van der Waals surface area contributed by atoms with Crippen LogP contribution in [0.3, 0.4) is 0 Å². The van der Waals surface area contributed by atoms with Gasteiger partial charge in [0, 0.05) is 11.7 Å². The molecule has 0 N–H and O–H groups in total. The first kappa shape index (κ1) is 18.1. The average Bonchev–Trinajstić information content (AvgIpc) is 3.35. The first-order valence-corrected chi connectivity index (χ1v) is 8.85. The number of methoxy groups -OCH3 is 2. The summed E-state index contributed by atoms with van der Waals surface area (Å²) in [4.78, 5) is 32.1. The van der Waals surface area contributed by atoms with Crippen molar-refractivity contribution in [1.29, 1.82) is 0 Å². The number of hydrogen-bond acceptors (Lipinski definition) is 6. The number of para-hydroxylation sites is 2. The number of nitrogens with zero attached hydrogens (tertiary/aromatic N) is 2. The third kappa shape index (κ3) is 2.47. The van der Waals surface area contributed by atoms with E-state index in [1.54, 1.807) is 24.3 Å². The van der Waals surface area contributed by atoms with Crippen LogP contribution in [0.2, 0.25) is 0 Å². The molecule has 1 aromatic heterocycles. The summed E-state index contributed by atoms with van der Waals surface area (Å²) in [6.07, 6.45) is 1.84. The maximum absolute atomic E-state index is 13.1. The van der Waals surface area contributed by atoms with E-state index in [9.17, 15) is 9.59 Å². The summed E-state index contributed by atoms with van der Waals surface area (Å²) in [5, 5.41) is 2.30. The molecule has 0 amide bonds. The van der Waals surface area contributed by atoms with Crippen molar-refractivity contribution in [3.63, 3.8) is 0 Å². The van der Waals surface area contributed by atoms with Crippen LogP contribution in [0, 0.1) is 0 Å². The standard InChI is InChI=1S/C21H20N2O5/c1-26-19(24)21(20(25)27-2)18(14-28-23(21)16-9-4-3-5-10-16)22-13-12-15-8-6-7-11-17(15)22/h3-13,18H,14H2,1-2H3. The lowest BCUT2D eigenvalue weighted by molar-refractivity contribution is -0.163. The normalized spacial score (nSPS) is 18.2. The van der Waals surface area contributed by atoms with E-state index in [1.807, 2.05) is 47.2 Å². The van der Waals surface area contributed by atoms with Crippen molar-refractivity contribution in [2.24, 2.45) is 0 Å². The second kappa shape index (κ2) is 7.01. The summed E-state index contributed by atoms with van der Waals surface area (Å²) in [6, 6.07) is 17.9. The Bertz CT molecular complexity index is 998. The van der Waals surface area contributed by atoms with Gasteiger partial charge in [0.2, 0.25) is 0 Å². The average molecular weight is 380 g/mol. The number of carbonyl (C=O) groups excluding carboxylic acids is 2. The molecule has 1 unspecified atom stereocenters. The van der Waals surface area contributed by atoms with Crippen LogP contribution in [0.25, 0.3) is 10.9 Å². The number of esters is 2. The Morgan fingerprint density at radius 1 is 0.964 bits per heavy atom. The first-order chi connectivity index (χ1) is 13.6. The first-order valence-electron chi connectivity index (χ1n) is 8.85. The van der Waals surface area contributed by atoms with Gasteiger partial charge >= 0.3 is 11.9 Å². The molecule has 0 radical (unpaired) electrons. The topological polar surface area (TPSA) is 70.0 Å². The lowest BCUT2D eigenvalue weighted by Gasteiger charge is -2.36. The van der Waals surface area contributed by atoms with Gasteiger partial charge in [-0.15, -0.1) is 0 Å². The number of carbonyl (C=O) groups is 2. The van der Waals surface area contributed by atoms with Gasteiger partial charge in [-0.3, -0.25) is 4.84 Å². The zero-order chi connectivity index (χ0) is 19.7. The minimum atomic E-state index is -1.83. The summed E-state index contributed by atoms with van der Waals surface area (Å²) in [6.45, 7) is 0.0950. The Balaban J connectivity index is 1.95. The van der Waals surface area contributed by atoms with Crippen molar-refractivity contribution in [3.8, 4) is 0 Å². The summed E-state index contributed by atoms with van der Waals surface area (Å²) in [5.41, 5.74) is -0.396. The molecule has 1 saturated heterocycles. The van der Waals surface area contributed by atoms with Crippen LogP contribution in [0.1, 0.15) is 6.04 Å². The van der Waals surface area contributed by atoms with Crippen molar-refractivity contribution in [2.75, 3.05) is 25.9 Å². The number of anilines is 1. The number of hydrogen-bond donors (Lipinski definition) is 0. The second-order valence-electron chi connectivity index (χ2n) is 6.47. The van der Waals surface area contributed by atoms with Crippen molar-refractivity contribution < 1.29 is 23.9 Å². The van der Waals surface area contributed by atoms with Gasteiger partial charge in [0.1, 0.15) is 6.04 Å². The second-order valence-corrected chi connectivity index (χ2v) is 6.47. The molecule has 1 aliphatic heterocycles. The van der Waals surface area contributed by atoms with E-state index in [1.165, 1.54) is 19.3 Å². The van der Waals surface area contributed by atoms with Crippen LogP contribution < -0.4 is 5.06 Å². The molecule has 2 heterocycles. The van der Waals surface area contributed by atoms with Gasteiger partial charge < -0.3 is 14.0 Å². The van der Waals surface area contributed by atoms with Crippen molar-refractivity contribution >= 4 is 28.5 Å². The lowest BCUT2D eigenvalue weighted by atomic mass is 9.89. The van der Waals surface area contributed by atoms with Crippen LogP contribution in [0.4, 0.5) is 5.69 Å².